The molecule has 1 aromatic heterocycles. The Bertz CT molecular complexity index is 969. The molecule has 0 aliphatic carbocycles. The fourth-order valence-electron chi connectivity index (χ4n) is 2.68. The predicted octanol–water partition coefficient (Wildman–Crippen LogP) is 3.36. The number of halogens is 2. The molecule has 1 atom stereocenters. The van der Waals surface area contributed by atoms with Crippen molar-refractivity contribution >= 4 is 35.0 Å². The highest BCUT2D eigenvalue weighted by molar-refractivity contribution is 6.30. The van der Waals surface area contributed by atoms with Crippen LogP contribution >= 0.6 is 23.2 Å². The number of nitrogens with one attached hydrogen (secondary N) is 2. The van der Waals surface area contributed by atoms with E-state index in [-0.39, 0.29) is 18.4 Å². The summed E-state index contributed by atoms with van der Waals surface area (Å²) in [6.45, 7) is -0.171. The summed E-state index contributed by atoms with van der Waals surface area (Å²) in [5.41, 5.74) is 1.26. The molecule has 28 heavy (non-hydrogen) atoms. The molecule has 6 nitrogen and oxygen atoms in total. The van der Waals surface area contributed by atoms with Gasteiger partial charge in [-0.1, -0.05) is 35.3 Å². The number of rotatable bonds is 6. The summed E-state index contributed by atoms with van der Waals surface area (Å²) >= 11 is 11.8. The number of aromatic nitrogens is 2. The van der Waals surface area contributed by atoms with Crippen molar-refractivity contribution in [3.8, 4) is 0 Å². The molecule has 0 bridgehead atoms. The van der Waals surface area contributed by atoms with Crippen molar-refractivity contribution in [1.82, 2.24) is 20.2 Å². The Morgan fingerprint density at radius 1 is 1.04 bits per heavy atom. The molecule has 1 heterocycles. The second-order valence-corrected chi connectivity index (χ2v) is 7.01. The van der Waals surface area contributed by atoms with Crippen molar-refractivity contribution in [3.63, 3.8) is 0 Å². The first-order valence-electron chi connectivity index (χ1n) is 8.50. The van der Waals surface area contributed by atoms with Gasteiger partial charge in [0.25, 0.3) is 5.91 Å². The molecule has 144 valence electrons. The number of nitrogens with zero attached hydrogens (tertiary/aromatic N) is 2. The van der Waals surface area contributed by atoms with E-state index >= 15 is 0 Å². The molecule has 0 aliphatic heterocycles. The average Bonchev–Trinajstić information content (AvgIpc) is 3.11. The zero-order chi connectivity index (χ0) is 20.1. The van der Waals surface area contributed by atoms with Crippen LogP contribution in [0.5, 0.6) is 0 Å². The highest BCUT2D eigenvalue weighted by Crippen LogP contribution is 2.22. The van der Waals surface area contributed by atoms with E-state index in [1.165, 1.54) is 0 Å². The lowest BCUT2D eigenvalue weighted by Gasteiger charge is -2.19. The fourth-order valence-corrected chi connectivity index (χ4v) is 2.94. The Morgan fingerprint density at radius 3 is 2.21 bits per heavy atom. The van der Waals surface area contributed by atoms with Crippen LogP contribution in [0.15, 0.2) is 60.9 Å². The molecular formula is C20H18Cl2N4O2. The molecule has 3 rings (SSSR count). The van der Waals surface area contributed by atoms with Gasteiger partial charge in [-0.3, -0.25) is 9.59 Å². The summed E-state index contributed by atoms with van der Waals surface area (Å²) in [5, 5.41) is 6.65. The van der Waals surface area contributed by atoms with Gasteiger partial charge in [-0.25, -0.2) is 4.98 Å². The Morgan fingerprint density at radius 2 is 1.64 bits per heavy atom. The molecule has 0 radical (unpaired) electrons. The second kappa shape index (κ2) is 8.91. The smallest absolute Gasteiger partial charge is 0.251 e. The quantitative estimate of drug-likeness (QED) is 0.646. The maximum Gasteiger partial charge on any atom is 0.251 e. The predicted molar refractivity (Wildman–Crippen MR) is 108 cm³/mol. The van der Waals surface area contributed by atoms with Crippen LogP contribution < -0.4 is 10.6 Å². The molecule has 2 N–H and O–H groups in total. The van der Waals surface area contributed by atoms with Gasteiger partial charge in [-0.05, 0) is 42.0 Å². The summed E-state index contributed by atoms with van der Waals surface area (Å²) < 4.78 is 1.83. The number of aryl methyl sites for hydroxylation is 1. The van der Waals surface area contributed by atoms with Crippen molar-refractivity contribution in [2.24, 2.45) is 7.05 Å². The summed E-state index contributed by atoms with van der Waals surface area (Å²) in [7, 11) is 1.85. The van der Waals surface area contributed by atoms with E-state index in [1.807, 2.05) is 23.7 Å². The van der Waals surface area contributed by atoms with E-state index in [9.17, 15) is 9.59 Å². The highest BCUT2D eigenvalue weighted by atomic mass is 35.5. The summed E-state index contributed by atoms with van der Waals surface area (Å²) in [5.74, 6) is -0.0307. The minimum absolute atomic E-state index is 0.171. The monoisotopic (exact) mass is 416 g/mol. The number of benzene rings is 2. The third-order valence-corrected chi connectivity index (χ3v) is 4.65. The van der Waals surface area contributed by atoms with E-state index in [4.69, 9.17) is 23.2 Å². The zero-order valence-electron chi connectivity index (χ0n) is 15.0. The van der Waals surface area contributed by atoms with Gasteiger partial charge < -0.3 is 15.2 Å². The van der Waals surface area contributed by atoms with Crippen molar-refractivity contribution < 1.29 is 9.59 Å². The normalized spacial score (nSPS) is 11.7. The maximum absolute atomic E-state index is 12.5. The number of hydrogen-bond acceptors (Lipinski definition) is 3. The molecule has 8 heteroatoms. The number of carbonyl (C=O) groups excluding carboxylic acids is 2. The molecule has 0 saturated heterocycles. The van der Waals surface area contributed by atoms with E-state index in [0.717, 1.165) is 5.56 Å². The van der Waals surface area contributed by atoms with Crippen molar-refractivity contribution in [2.75, 3.05) is 6.54 Å². The van der Waals surface area contributed by atoms with Gasteiger partial charge >= 0.3 is 0 Å². The lowest BCUT2D eigenvalue weighted by Crippen LogP contribution is -2.39. The Labute approximate surface area is 172 Å². The zero-order valence-corrected chi connectivity index (χ0v) is 16.5. The van der Waals surface area contributed by atoms with Crippen LogP contribution in [0.1, 0.15) is 27.8 Å². The average molecular weight is 417 g/mol. The molecule has 0 fully saturated rings. The first kappa shape index (κ1) is 19.9. The Kier molecular flexibility index (Phi) is 6.34. The number of carbonyl (C=O) groups is 2. The van der Waals surface area contributed by atoms with Gasteiger partial charge in [0.2, 0.25) is 5.91 Å². The Balaban J connectivity index is 1.69. The molecular weight excluding hydrogens is 399 g/mol. The molecule has 1 unspecified atom stereocenters. The molecule has 0 spiro atoms. The second-order valence-electron chi connectivity index (χ2n) is 6.14. The maximum atomic E-state index is 12.5. The van der Waals surface area contributed by atoms with Crippen LogP contribution in [0.3, 0.4) is 0 Å². The lowest BCUT2D eigenvalue weighted by atomic mass is 10.1. The first-order chi connectivity index (χ1) is 13.4. The SMILES string of the molecule is Cn1ccnc1C(NC(=O)CNC(=O)c1ccc(Cl)cc1)c1ccc(Cl)cc1. The van der Waals surface area contributed by atoms with E-state index in [2.05, 4.69) is 15.6 Å². The van der Waals surface area contributed by atoms with Crippen molar-refractivity contribution in [3.05, 3.63) is 87.9 Å². The van der Waals surface area contributed by atoms with E-state index in [1.54, 1.807) is 48.8 Å². The number of hydrogen-bond donors (Lipinski definition) is 2. The first-order valence-corrected chi connectivity index (χ1v) is 9.25. The van der Waals surface area contributed by atoms with Gasteiger partial charge in [-0.2, -0.15) is 0 Å². The van der Waals surface area contributed by atoms with Crippen LogP contribution in [0.2, 0.25) is 10.0 Å². The number of imidazole rings is 1. The minimum Gasteiger partial charge on any atom is -0.343 e. The van der Waals surface area contributed by atoms with Crippen LogP contribution in [0, 0.1) is 0 Å². The highest BCUT2D eigenvalue weighted by Gasteiger charge is 2.21. The largest absolute Gasteiger partial charge is 0.343 e. The summed E-state index contributed by atoms with van der Waals surface area (Å²) in [6.07, 6.45) is 3.46. The van der Waals surface area contributed by atoms with Crippen LogP contribution in [0.4, 0.5) is 0 Å². The van der Waals surface area contributed by atoms with Gasteiger partial charge in [0, 0.05) is 35.1 Å². The van der Waals surface area contributed by atoms with Crippen LogP contribution in [-0.4, -0.2) is 27.9 Å². The molecule has 0 saturated carbocycles. The van der Waals surface area contributed by atoms with Gasteiger partial charge in [0.05, 0.1) is 6.54 Å². The van der Waals surface area contributed by atoms with Crippen LogP contribution in [-0.2, 0) is 11.8 Å². The van der Waals surface area contributed by atoms with Gasteiger partial charge in [0.15, 0.2) is 0 Å². The molecule has 2 amide bonds. The van der Waals surface area contributed by atoms with Gasteiger partial charge in [0.1, 0.15) is 11.9 Å². The molecule has 3 aromatic rings. The van der Waals surface area contributed by atoms with E-state index < -0.39 is 6.04 Å². The summed E-state index contributed by atoms with van der Waals surface area (Å²) in [6, 6.07) is 13.1. The van der Waals surface area contributed by atoms with Crippen molar-refractivity contribution in [2.45, 2.75) is 6.04 Å². The molecule has 2 aromatic carbocycles. The third-order valence-electron chi connectivity index (χ3n) is 4.14. The fraction of sp³-hybridized carbons (Fsp3) is 0.150. The summed E-state index contributed by atoms with van der Waals surface area (Å²) in [4.78, 5) is 29.0. The van der Waals surface area contributed by atoms with Gasteiger partial charge in [-0.15, -0.1) is 0 Å². The lowest BCUT2D eigenvalue weighted by molar-refractivity contribution is -0.120. The van der Waals surface area contributed by atoms with Crippen molar-refractivity contribution in [1.29, 1.82) is 0 Å². The Hall–Kier alpha value is -2.83. The topological polar surface area (TPSA) is 76.0 Å². The van der Waals surface area contributed by atoms with E-state index in [0.29, 0.717) is 21.4 Å². The van der Waals surface area contributed by atoms with Crippen LogP contribution in [0.25, 0.3) is 0 Å². The number of amides is 2. The molecule has 0 aliphatic rings. The standard InChI is InChI=1S/C20H18Cl2N4O2/c1-26-11-10-23-19(26)18(13-2-6-15(21)7-3-13)25-17(27)12-24-20(28)14-4-8-16(22)9-5-14/h2-11,18H,12H2,1H3,(H,24,28)(H,25,27). The third kappa shape index (κ3) is 4.91. The minimum atomic E-state index is -0.475.